The Morgan fingerprint density at radius 3 is 2.45 bits per heavy atom. The molecule has 1 aromatic carbocycles. The average Bonchev–Trinajstić information content (AvgIpc) is 3.40. The molecule has 4 rings (SSSR count). The van der Waals surface area contributed by atoms with Crippen molar-refractivity contribution >= 4 is 39.7 Å². The van der Waals surface area contributed by atoms with E-state index in [2.05, 4.69) is 20.1 Å². The standard InChI is InChI=1S/C30H43N5O8S/c1-29(2,3)32-28(39)43-24-13-9-7-5-6-8-11-20-19-30(20,31-25(36)23-12-10-18-35(23)26(24)37)27(38)34-44(40,41)33-21-14-16-22(42-4)17-15-21/h8,11,14-17,20,23-24,33H,5-7,9-10,12-13,18-19H2,1-4H3,(H,31,36)(H,32,39)(H,34,38)/t20-,23+,24+,30-/m1/s1. The molecule has 0 aromatic heterocycles. The molecular weight excluding hydrogens is 590 g/mol. The van der Waals surface area contributed by atoms with Crippen LogP contribution in [0, 0.1) is 5.92 Å². The van der Waals surface area contributed by atoms with Crippen LogP contribution in [0.25, 0.3) is 0 Å². The zero-order chi connectivity index (χ0) is 32.1. The number of hydrogen-bond donors (Lipinski definition) is 4. The van der Waals surface area contributed by atoms with Gasteiger partial charge in [-0.3, -0.25) is 19.1 Å². The van der Waals surface area contributed by atoms with Gasteiger partial charge in [0.15, 0.2) is 6.10 Å². The van der Waals surface area contributed by atoms with E-state index in [0.29, 0.717) is 44.4 Å². The Morgan fingerprint density at radius 2 is 1.77 bits per heavy atom. The summed E-state index contributed by atoms with van der Waals surface area (Å²) in [6.07, 6.45) is 6.34. The van der Waals surface area contributed by atoms with Gasteiger partial charge in [0.1, 0.15) is 17.3 Å². The van der Waals surface area contributed by atoms with Gasteiger partial charge in [0.2, 0.25) is 5.91 Å². The molecule has 0 unspecified atom stereocenters. The molecular formula is C30H43N5O8S. The van der Waals surface area contributed by atoms with Gasteiger partial charge < -0.3 is 25.0 Å². The van der Waals surface area contributed by atoms with E-state index in [1.807, 2.05) is 12.2 Å². The second-order valence-electron chi connectivity index (χ2n) is 12.6. The zero-order valence-corrected chi connectivity index (χ0v) is 26.5. The molecule has 2 heterocycles. The van der Waals surface area contributed by atoms with E-state index in [1.54, 1.807) is 32.9 Å². The summed E-state index contributed by atoms with van der Waals surface area (Å²) in [6.45, 7) is 5.70. The van der Waals surface area contributed by atoms with Gasteiger partial charge in [0.05, 0.1) is 12.8 Å². The minimum Gasteiger partial charge on any atom is -0.497 e. The van der Waals surface area contributed by atoms with E-state index < -0.39 is 63.2 Å². The van der Waals surface area contributed by atoms with Gasteiger partial charge in [-0.05, 0) is 90.0 Å². The van der Waals surface area contributed by atoms with Crippen molar-refractivity contribution in [2.24, 2.45) is 5.92 Å². The predicted octanol–water partition coefficient (Wildman–Crippen LogP) is 2.75. The first-order chi connectivity index (χ1) is 20.7. The first kappa shape index (κ1) is 33.1. The Labute approximate surface area is 258 Å². The molecule has 1 saturated heterocycles. The number of amides is 4. The molecule has 4 amide bonds. The Hall–Kier alpha value is -3.81. The van der Waals surface area contributed by atoms with Crippen molar-refractivity contribution < 1.29 is 37.1 Å². The summed E-state index contributed by atoms with van der Waals surface area (Å²) in [5.74, 6) is -1.78. The molecule has 1 aliphatic carbocycles. The van der Waals surface area contributed by atoms with Gasteiger partial charge in [-0.25, -0.2) is 9.52 Å². The molecule has 13 nitrogen and oxygen atoms in total. The molecule has 2 aliphatic heterocycles. The van der Waals surface area contributed by atoms with E-state index in [1.165, 1.54) is 24.1 Å². The molecule has 242 valence electrons. The summed E-state index contributed by atoms with van der Waals surface area (Å²) in [5, 5.41) is 5.50. The van der Waals surface area contributed by atoms with Crippen molar-refractivity contribution in [1.82, 2.24) is 20.3 Å². The number of allylic oxidation sites excluding steroid dienone is 1. The fourth-order valence-electron chi connectivity index (χ4n) is 5.55. The smallest absolute Gasteiger partial charge is 0.408 e. The summed E-state index contributed by atoms with van der Waals surface area (Å²) in [6, 6.07) is 5.23. The lowest BCUT2D eigenvalue weighted by Crippen LogP contribution is -2.57. The number of alkyl carbamates (subject to hydrolysis) is 1. The molecule has 2 fully saturated rings. The minimum absolute atomic E-state index is 0.207. The number of nitrogens with zero attached hydrogens (tertiary/aromatic N) is 1. The highest BCUT2D eigenvalue weighted by atomic mass is 32.2. The highest BCUT2D eigenvalue weighted by Crippen LogP contribution is 2.45. The third kappa shape index (κ3) is 8.42. The van der Waals surface area contributed by atoms with Crippen LogP contribution in [-0.4, -0.2) is 74.0 Å². The fourth-order valence-corrected chi connectivity index (χ4v) is 6.48. The molecule has 0 radical (unpaired) electrons. The molecule has 1 aromatic rings. The summed E-state index contributed by atoms with van der Waals surface area (Å²) in [7, 11) is -2.85. The van der Waals surface area contributed by atoms with Crippen LogP contribution in [0.1, 0.15) is 72.1 Å². The Kier molecular flexibility index (Phi) is 10.1. The fraction of sp³-hybridized carbons (Fsp3) is 0.600. The lowest BCUT2D eigenvalue weighted by molar-refractivity contribution is -0.146. The molecule has 0 spiro atoms. The van der Waals surface area contributed by atoms with E-state index >= 15 is 0 Å². The van der Waals surface area contributed by atoms with E-state index in [9.17, 15) is 27.6 Å². The van der Waals surface area contributed by atoms with Gasteiger partial charge in [-0.2, -0.15) is 8.42 Å². The number of ether oxygens (including phenoxy) is 2. The van der Waals surface area contributed by atoms with Crippen LogP contribution >= 0.6 is 0 Å². The SMILES string of the molecule is COc1ccc(NS(=O)(=O)NC(=O)[C@@]23C[C@H]2C=CCCCCC[C@H](OC(=O)NC(C)(C)C)C(=O)N2CCC[C@H]2C(=O)N3)cc1. The molecule has 4 N–H and O–H groups in total. The predicted molar refractivity (Wildman–Crippen MR) is 163 cm³/mol. The van der Waals surface area contributed by atoms with E-state index in [-0.39, 0.29) is 12.1 Å². The van der Waals surface area contributed by atoms with Crippen LogP contribution in [0.3, 0.4) is 0 Å². The van der Waals surface area contributed by atoms with Crippen LogP contribution < -0.4 is 24.8 Å². The zero-order valence-electron chi connectivity index (χ0n) is 25.7. The van der Waals surface area contributed by atoms with Crippen molar-refractivity contribution in [2.75, 3.05) is 18.4 Å². The number of rotatable bonds is 6. The van der Waals surface area contributed by atoms with Gasteiger partial charge in [0, 0.05) is 18.0 Å². The van der Waals surface area contributed by atoms with Crippen molar-refractivity contribution in [1.29, 1.82) is 0 Å². The first-order valence-electron chi connectivity index (χ1n) is 15.0. The van der Waals surface area contributed by atoms with Crippen molar-refractivity contribution in [3.63, 3.8) is 0 Å². The average molecular weight is 634 g/mol. The lowest BCUT2D eigenvalue weighted by Gasteiger charge is -2.30. The van der Waals surface area contributed by atoms with Crippen LogP contribution in [0.15, 0.2) is 36.4 Å². The number of methoxy groups -OCH3 is 1. The molecule has 4 atom stereocenters. The lowest BCUT2D eigenvalue weighted by atomic mass is 10.1. The first-order valence-corrected chi connectivity index (χ1v) is 16.5. The normalized spacial score (nSPS) is 26.2. The van der Waals surface area contributed by atoms with Crippen molar-refractivity contribution in [2.45, 2.75) is 95.4 Å². The topological polar surface area (TPSA) is 172 Å². The van der Waals surface area contributed by atoms with Crippen molar-refractivity contribution in [3.8, 4) is 5.75 Å². The maximum atomic E-state index is 13.7. The summed E-state index contributed by atoms with van der Waals surface area (Å²) in [5.41, 5.74) is -1.84. The summed E-state index contributed by atoms with van der Waals surface area (Å²) < 4.78 is 40.8. The number of carbonyl (C=O) groups excluding carboxylic acids is 4. The number of anilines is 1. The highest BCUT2D eigenvalue weighted by molar-refractivity contribution is 7.91. The van der Waals surface area contributed by atoms with Crippen LogP contribution in [0.5, 0.6) is 5.75 Å². The Morgan fingerprint density at radius 1 is 1.05 bits per heavy atom. The number of carbonyl (C=O) groups is 4. The number of benzene rings is 1. The maximum absolute atomic E-state index is 13.7. The summed E-state index contributed by atoms with van der Waals surface area (Å²) >= 11 is 0. The monoisotopic (exact) mass is 633 g/mol. The molecule has 3 aliphatic rings. The molecule has 44 heavy (non-hydrogen) atoms. The van der Waals surface area contributed by atoms with Crippen LogP contribution in [0.2, 0.25) is 0 Å². The number of nitrogens with one attached hydrogen (secondary N) is 4. The second kappa shape index (κ2) is 13.4. The second-order valence-corrected chi connectivity index (χ2v) is 14.0. The maximum Gasteiger partial charge on any atom is 0.408 e. The largest absolute Gasteiger partial charge is 0.497 e. The van der Waals surface area contributed by atoms with Crippen molar-refractivity contribution in [3.05, 3.63) is 36.4 Å². The van der Waals surface area contributed by atoms with E-state index in [4.69, 9.17) is 9.47 Å². The Bertz CT molecular complexity index is 1370. The molecule has 0 bridgehead atoms. The van der Waals surface area contributed by atoms with Gasteiger partial charge >= 0.3 is 16.3 Å². The third-order valence-corrected chi connectivity index (χ3v) is 8.84. The van der Waals surface area contributed by atoms with Gasteiger partial charge in [-0.1, -0.05) is 18.6 Å². The van der Waals surface area contributed by atoms with Crippen LogP contribution in [0.4, 0.5) is 10.5 Å². The number of hydrogen-bond acceptors (Lipinski definition) is 8. The Balaban J connectivity index is 1.52. The quantitative estimate of drug-likeness (QED) is 0.346. The molecule has 14 heteroatoms. The third-order valence-electron chi connectivity index (χ3n) is 7.88. The highest BCUT2D eigenvalue weighted by Gasteiger charge is 2.61. The van der Waals surface area contributed by atoms with Gasteiger partial charge in [-0.15, -0.1) is 0 Å². The molecule has 1 saturated carbocycles. The minimum atomic E-state index is -4.34. The summed E-state index contributed by atoms with van der Waals surface area (Å²) in [4.78, 5) is 54.8. The number of fused-ring (bicyclic) bond motifs is 2. The van der Waals surface area contributed by atoms with Gasteiger partial charge in [0.25, 0.3) is 11.8 Å². The van der Waals surface area contributed by atoms with E-state index in [0.717, 1.165) is 12.8 Å². The van der Waals surface area contributed by atoms with Crippen LogP contribution in [-0.2, 0) is 29.3 Å².